The van der Waals surface area contributed by atoms with Crippen LogP contribution in [0.5, 0.6) is 0 Å². The molecule has 0 bridgehead atoms. The van der Waals surface area contributed by atoms with Crippen molar-refractivity contribution in [1.82, 2.24) is 13.9 Å². The fourth-order valence-corrected chi connectivity index (χ4v) is 5.23. The van der Waals surface area contributed by atoms with E-state index in [0.717, 1.165) is 0 Å². The zero-order valence-corrected chi connectivity index (χ0v) is 18.8. The highest BCUT2D eigenvalue weighted by molar-refractivity contribution is 7.89. The molecule has 0 aliphatic heterocycles. The molecule has 0 unspecified atom stereocenters. The molecular weight excluding hydrogens is 416 g/mol. The van der Waals surface area contributed by atoms with Crippen LogP contribution in [0.15, 0.2) is 22.5 Å². The van der Waals surface area contributed by atoms with Gasteiger partial charge in [-0.2, -0.15) is 4.31 Å². The lowest BCUT2D eigenvalue weighted by Crippen LogP contribution is -2.30. The molecule has 0 aliphatic rings. The zero-order valence-electron chi connectivity index (χ0n) is 17.2. The first-order chi connectivity index (χ1) is 13.6. The normalized spacial score (nSPS) is 11.7. The summed E-state index contributed by atoms with van der Waals surface area (Å²) in [5, 5.41) is 2.26. The van der Waals surface area contributed by atoms with Crippen molar-refractivity contribution in [2.24, 2.45) is 7.05 Å². The molecule has 0 fully saturated rings. The Balaban J connectivity index is 2.12. The Bertz CT molecular complexity index is 976. The summed E-state index contributed by atoms with van der Waals surface area (Å²) in [5.41, 5.74) is 0.647. The quantitative estimate of drug-likeness (QED) is 0.552. The average molecular weight is 443 g/mol. The van der Waals surface area contributed by atoms with Crippen LogP contribution >= 0.6 is 11.3 Å². The molecular formula is C18H26N4O5S2. The number of ether oxygens (including phenoxy) is 1. The lowest BCUT2D eigenvalue weighted by molar-refractivity contribution is -0.116. The molecule has 2 heterocycles. The highest BCUT2D eigenvalue weighted by Gasteiger charge is 2.26. The van der Waals surface area contributed by atoms with Crippen LogP contribution in [0.25, 0.3) is 0 Å². The van der Waals surface area contributed by atoms with Gasteiger partial charge in [0, 0.05) is 45.2 Å². The molecule has 160 valence electrons. The van der Waals surface area contributed by atoms with E-state index in [0.29, 0.717) is 30.5 Å². The van der Waals surface area contributed by atoms with Gasteiger partial charge < -0.3 is 9.30 Å². The van der Waals surface area contributed by atoms with Crippen LogP contribution in [-0.4, -0.2) is 53.8 Å². The van der Waals surface area contributed by atoms with Gasteiger partial charge in [0.15, 0.2) is 5.13 Å². The summed E-state index contributed by atoms with van der Waals surface area (Å²) in [6.45, 7) is 7.93. The van der Waals surface area contributed by atoms with Gasteiger partial charge in [-0.15, -0.1) is 11.3 Å². The van der Waals surface area contributed by atoms with Crippen LogP contribution in [0.1, 0.15) is 43.9 Å². The lowest BCUT2D eigenvalue weighted by Gasteiger charge is -2.17. The molecule has 11 heteroatoms. The Hall–Kier alpha value is -2.24. The van der Waals surface area contributed by atoms with Gasteiger partial charge in [0.1, 0.15) is 17.2 Å². The second kappa shape index (κ2) is 9.51. The SMILES string of the molecule is CCN(C(C)=O)c1nc(COC(=O)c2cc(S(=O)(=O)N(CC)CC)cn2C)cs1. The van der Waals surface area contributed by atoms with Gasteiger partial charge in [-0.05, 0) is 13.0 Å². The monoisotopic (exact) mass is 442 g/mol. The fraction of sp³-hybridized carbons (Fsp3) is 0.500. The molecule has 0 aromatic carbocycles. The number of hydrogen-bond acceptors (Lipinski definition) is 7. The van der Waals surface area contributed by atoms with Crippen molar-refractivity contribution >= 4 is 38.4 Å². The number of hydrogen-bond donors (Lipinski definition) is 0. The predicted octanol–water partition coefficient (Wildman–Crippen LogP) is 2.24. The summed E-state index contributed by atoms with van der Waals surface area (Å²) in [5.74, 6) is -0.766. The molecule has 0 aliphatic carbocycles. The molecule has 9 nitrogen and oxygen atoms in total. The second-order valence-electron chi connectivity index (χ2n) is 6.22. The summed E-state index contributed by atoms with van der Waals surface area (Å²) in [6.07, 6.45) is 1.40. The third kappa shape index (κ3) is 5.03. The largest absolute Gasteiger partial charge is 0.454 e. The number of thiazole rings is 1. The van der Waals surface area contributed by atoms with Crippen molar-refractivity contribution in [3.8, 4) is 0 Å². The molecule has 2 aromatic heterocycles. The first-order valence-corrected chi connectivity index (χ1v) is 11.5. The average Bonchev–Trinajstić information content (AvgIpc) is 3.28. The zero-order chi connectivity index (χ0) is 21.8. The van der Waals surface area contributed by atoms with Crippen molar-refractivity contribution in [2.75, 3.05) is 24.5 Å². The molecule has 29 heavy (non-hydrogen) atoms. The van der Waals surface area contributed by atoms with Crippen molar-refractivity contribution in [1.29, 1.82) is 0 Å². The Morgan fingerprint density at radius 2 is 1.86 bits per heavy atom. The van der Waals surface area contributed by atoms with E-state index >= 15 is 0 Å². The topological polar surface area (TPSA) is 102 Å². The van der Waals surface area contributed by atoms with Gasteiger partial charge in [-0.3, -0.25) is 9.69 Å². The minimum atomic E-state index is -3.66. The van der Waals surface area contributed by atoms with Crippen LogP contribution in [0.3, 0.4) is 0 Å². The van der Waals surface area contributed by atoms with Gasteiger partial charge in [0.2, 0.25) is 15.9 Å². The fourth-order valence-electron chi connectivity index (χ4n) is 2.78. The number of aromatic nitrogens is 2. The van der Waals surface area contributed by atoms with Crippen molar-refractivity contribution in [3.05, 3.63) is 29.0 Å². The number of aryl methyl sites for hydroxylation is 1. The van der Waals surface area contributed by atoms with E-state index in [4.69, 9.17) is 4.74 Å². The number of esters is 1. The maximum Gasteiger partial charge on any atom is 0.355 e. The second-order valence-corrected chi connectivity index (χ2v) is 9.00. The third-order valence-corrected chi connectivity index (χ3v) is 7.28. The number of carbonyl (C=O) groups is 2. The molecule has 0 saturated heterocycles. The van der Waals surface area contributed by atoms with Crippen molar-refractivity contribution in [3.63, 3.8) is 0 Å². The maximum atomic E-state index is 12.6. The Labute approximate surface area is 174 Å². The summed E-state index contributed by atoms with van der Waals surface area (Å²) >= 11 is 1.29. The number of rotatable bonds is 9. The van der Waals surface area contributed by atoms with Gasteiger partial charge in [-0.25, -0.2) is 18.2 Å². The summed E-state index contributed by atoms with van der Waals surface area (Å²) in [6, 6.07) is 1.32. The van der Waals surface area contributed by atoms with Gasteiger partial charge in [-0.1, -0.05) is 13.8 Å². The van der Waals surface area contributed by atoms with Crippen LogP contribution in [0.4, 0.5) is 5.13 Å². The van der Waals surface area contributed by atoms with Gasteiger partial charge in [0.05, 0.1) is 5.69 Å². The van der Waals surface area contributed by atoms with E-state index in [1.54, 1.807) is 26.3 Å². The van der Waals surface area contributed by atoms with Crippen molar-refractivity contribution < 1.29 is 22.7 Å². The van der Waals surface area contributed by atoms with Crippen LogP contribution < -0.4 is 4.90 Å². The summed E-state index contributed by atoms with van der Waals surface area (Å²) < 4.78 is 33.3. The molecule has 2 aromatic rings. The Kier molecular flexibility index (Phi) is 7.55. The highest BCUT2D eigenvalue weighted by atomic mass is 32.2. The summed E-state index contributed by atoms with van der Waals surface area (Å²) in [4.78, 5) is 29.9. The third-order valence-electron chi connectivity index (χ3n) is 4.35. The minimum absolute atomic E-state index is 0.0478. The Morgan fingerprint density at radius 3 is 2.41 bits per heavy atom. The molecule has 1 amide bonds. The molecule has 0 radical (unpaired) electrons. The molecule has 2 rings (SSSR count). The number of carbonyl (C=O) groups excluding carboxylic acids is 2. The van der Waals surface area contributed by atoms with E-state index in [1.165, 1.54) is 44.3 Å². The first kappa shape index (κ1) is 23.0. The molecule has 0 atom stereocenters. The standard InChI is InChI=1S/C18H26N4O5S2/c1-6-21(7-2)29(25,26)15-9-16(20(5)10-15)17(24)27-11-14-12-28-18(19-14)22(8-3)13(4)23/h9-10,12H,6-8,11H2,1-5H3. The van der Waals surface area contributed by atoms with Crippen molar-refractivity contribution in [2.45, 2.75) is 39.2 Å². The van der Waals surface area contributed by atoms with E-state index in [-0.39, 0.29) is 23.1 Å². The maximum absolute atomic E-state index is 12.6. The molecule has 0 N–H and O–H groups in total. The van der Waals surface area contributed by atoms with Crippen LogP contribution in [0, 0.1) is 0 Å². The number of sulfonamides is 1. The molecule has 0 spiro atoms. The van der Waals surface area contributed by atoms with Gasteiger partial charge >= 0.3 is 5.97 Å². The highest BCUT2D eigenvalue weighted by Crippen LogP contribution is 2.22. The predicted molar refractivity (Wildman–Crippen MR) is 110 cm³/mol. The minimum Gasteiger partial charge on any atom is -0.454 e. The van der Waals surface area contributed by atoms with E-state index in [9.17, 15) is 18.0 Å². The van der Waals surface area contributed by atoms with Crippen LogP contribution in [0.2, 0.25) is 0 Å². The number of anilines is 1. The Morgan fingerprint density at radius 1 is 1.21 bits per heavy atom. The van der Waals surface area contributed by atoms with Crippen LogP contribution in [-0.2, 0) is 33.2 Å². The lowest BCUT2D eigenvalue weighted by atomic mass is 10.4. The van der Waals surface area contributed by atoms with E-state index in [2.05, 4.69) is 4.98 Å². The number of nitrogens with zero attached hydrogens (tertiary/aromatic N) is 4. The summed E-state index contributed by atoms with van der Waals surface area (Å²) in [7, 11) is -2.08. The van der Waals surface area contributed by atoms with Gasteiger partial charge in [0.25, 0.3) is 0 Å². The van der Waals surface area contributed by atoms with E-state index < -0.39 is 16.0 Å². The first-order valence-electron chi connectivity index (χ1n) is 9.21. The number of amides is 1. The molecule has 0 saturated carbocycles. The smallest absolute Gasteiger partial charge is 0.355 e. The van der Waals surface area contributed by atoms with E-state index in [1.807, 2.05) is 6.92 Å².